The number of carboxylic acid groups (broad SMARTS) is 1. The molecule has 2 N–H and O–H groups in total. The predicted octanol–water partition coefficient (Wildman–Crippen LogP) is 3.97. The molecule has 0 spiro atoms. The van der Waals surface area contributed by atoms with Crippen molar-refractivity contribution in [1.29, 1.82) is 0 Å². The van der Waals surface area contributed by atoms with Crippen LogP contribution in [0.3, 0.4) is 0 Å². The second-order valence-electron chi connectivity index (χ2n) is 5.80. The van der Waals surface area contributed by atoms with Crippen LogP contribution in [0.25, 0.3) is 0 Å². The van der Waals surface area contributed by atoms with Crippen molar-refractivity contribution in [2.75, 3.05) is 0 Å². The van der Waals surface area contributed by atoms with E-state index in [9.17, 15) is 14.7 Å². The second kappa shape index (κ2) is 8.87. The van der Waals surface area contributed by atoms with Gasteiger partial charge in [0, 0.05) is 17.5 Å². The van der Waals surface area contributed by atoms with Crippen molar-refractivity contribution >= 4 is 11.8 Å². The van der Waals surface area contributed by atoms with Gasteiger partial charge in [-0.3, -0.25) is 9.59 Å². The Morgan fingerprint density at radius 2 is 1.84 bits per heavy atom. The van der Waals surface area contributed by atoms with Crippen molar-refractivity contribution in [3.8, 4) is 11.5 Å². The molecule has 2 rings (SSSR count). The van der Waals surface area contributed by atoms with Crippen molar-refractivity contribution in [3.63, 3.8) is 0 Å². The number of hydrogen-bond donors (Lipinski definition) is 2. The van der Waals surface area contributed by atoms with Crippen molar-refractivity contribution in [3.05, 3.63) is 59.2 Å². The number of benzene rings is 2. The quantitative estimate of drug-likeness (QED) is 0.674. The first-order valence-electron chi connectivity index (χ1n) is 8.28. The Bertz CT molecular complexity index is 752. The normalized spacial score (nSPS) is 10.4. The zero-order chi connectivity index (χ0) is 18.2. The third-order valence-corrected chi connectivity index (χ3v) is 3.87. The molecule has 0 radical (unpaired) electrons. The van der Waals surface area contributed by atoms with Gasteiger partial charge >= 0.3 is 5.97 Å². The van der Waals surface area contributed by atoms with Gasteiger partial charge in [-0.2, -0.15) is 0 Å². The van der Waals surface area contributed by atoms with E-state index in [0.717, 1.165) is 24.0 Å². The van der Waals surface area contributed by atoms with Crippen LogP contribution in [0, 0.1) is 0 Å². The summed E-state index contributed by atoms with van der Waals surface area (Å²) < 4.78 is 5.75. The summed E-state index contributed by atoms with van der Waals surface area (Å²) in [4.78, 5) is 22.6. The van der Waals surface area contributed by atoms with E-state index in [-0.39, 0.29) is 31.0 Å². The van der Waals surface area contributed by atoms with Crippen LogP contribution in [0.1, 0.15) is 47.7 Å². The number of ketones is 1. The molecule has 0 aliphatic rings. The second-order valence-corrected chi connectivity index (χ2v) is 5.80. The number of rotatable bonds is 9. The van der Waals surface area contributed by atoms with Crippen LogP contribution in [0.15, 0.2) is 42.5 Å². The van der Waals surface area contributed by atoms with Crippen LogP contribution in [0.5, 0.6) is 11.5 Å². The highest BCUT2D eigenvalue weighted by atomic mass is 16.5. The van der Waals surface area contributed by atoms with Gasteiger partial charge < -0.3 is 14.9 Å². The van der Waals surface area contributed by atoms with Gasteiger partial charge in [0.05, 0.1) is 6.42 Å². The zero-order valence-corrected chi connectivity index (χ0v) is 14.2. The first-order valence-corrected chi connectivity index (χ1v) is 8.28. The van der Waals surface area contributed by atoms with Gasteiger partial charge in [-0.05, 0) is 30.2 Å². The Balaban J connectivity index is 2.08. The Morgan fingerprint density at radius 3 is 2.56 bits per heavy atom. The molecular weight excluding hydrogens is 320 g/mol. The van der Waals surface area contributed by atoms with E-state index in [0.29, 0.717) is 11.3 Å². The van der Waals surface area contributed by atoms with E-state index in [1.165, 1.54) is 0 Å². The lowest BCUT2D eigenvalue weighted by Crippen LogP contribution is -2.05. The summed E-state index contributed by atoms with van der Waals surface area (Å²) in [6.45, 7) is 2.27. The monoisotopic (exact) mass is 342 g/mol. The number of carbonyl (C=O) groups excluding carboxylic acids is 1. The van der Waals surface area contributed by atoms with Crippen LogP contribution in [0.4, 0.5) is 0 Å². The van der Waals surface area contributed by atoms with Gasteiger partial charge in [0.2, 0.25) is 0 Å². The van der Waals surface area contributed by atoms with E-state index < -0.39 is 5.97 Å². The predicted molar refractivity (Wildman–Crippen MR) is 94.1 cm³/mol. The zero-order valence-electron chi connectivity index (χ0n) is 14.2. The minimum atomic E-state index is -0.997. The fraction of sp³-hybridized carbons (Fsp3) is 0.300. The summed E-state index contributed by atoms with van der Waals surface area (Å²) in [6, 6.07) is 12.1. The van der Waals surface area contributed by atoms with E-state index in [4.69, 9.17) is 9.84 Å². The lowest BCUT2D eigenvalue weighted by molar-refractivity contribution is -0.136. The highest BCUT2D eigenvalue weighted by Gasteiger charge is 2.11. The number of carboxylic acids is 1. The number of carbonyl (C=O) groups is 2. The third kappa shape index (κ3) is 5.35. The number of aryl methyl sites for hydroxylation is 1. The first-order chi connectivity index (χ1) is 12.0. The van der Waals surface area contributed by atoms with Crippen LogP contribution < -0.4 is 4.74 Å². The summed E-state index contributed by atoms with van der Waals surface area (Å²) in [5.41, 5.74) is 2.20. The molecular formula is C20H22O5. The molecule has 0 aliphatic heterocycles. The van der Waals surface area contributed by atoms with Crippen LogP contribution in [-0.4, -0.2) is 22.0 Å². The standard InChI is InChI=1S/C20H22O5/c1-2-5-14-6-4-9-19(22)17(14)13-25-16-8-3-7-15(12-16)18(21)10-11-20(23)24/h3-4,6-9,12,22H,2,5,10-11,13H2,1H3,(H,23,24). The Morgan fingerprint density at radius 1 is 1.08 bits per heavy atom. The number of hydrogen-bond acceptors (Lipinski definition) is 4. The molecule has 0 saturated heterocycles. The lowest BCUT2D eigenvalue weighted by atomic mass is 10.0. The van der Waals surface area contributed by atoms with E-state index >= 15 is 0 Å². The molecule has 0 fully saturated rings. The largest absolute Gasteiger partial charge is 0.508 e. The van der Waals surface area contributed by atoms with Crippen LogP contribution in [0.2, 0.25) is 0 Å². The molecule has 132 valence electrons. The number of phenolic OH excluding ortho intramolecular Hbond substituents is 1. The lowest BCUT2D eigenvalue weighted by Gasteiger charge is -2.13. The van der Waals surface area contributed by atoms with Gasteiger partial charge in [-0.1, -0.05) is 37.6 Å². The van der Waals surface area contributed by atoms with Crippen LogP contribution >= 0.6 is 0 Å². The molecule has 0 amide bonds. The maximum absolute atomic E-state index is 12.0. The van der Waals surface area contributed by atoms with Gasteiger partial charge in [-0.25, -0.2) is 0 Å². The van der Waals surface area contributed by atoms with Gasteiger partial charge in [0.25, 0.3) is 0 Å². The van der Waals surface area contributed by atoms with Crippen molar-refractivity contribution in [2.45, 2.75) is 39.2 Å². The molecule has 0 unspecified atom stereocenters. The molecule has 0 atom stereocenters. The van der Waals surface area contributed by atoms with Crippen molar-refractivity contribution < 1.29 is 24.5 Å². The smallest absolute Gasteiger partial charge is 0.303 e. The Labute approximate surface area is 146 Å². The SMILES string of the molecule is CCCc1cccc(O)c1COc1cccc(C(=O)CCC(=O)O)c1. The Hall–Kier alpha value is -2.82. The number of ether oxygens (including phenoxy) is 1. The third-order valence-electron chi connectivity index (χ3n) is 3.87. The van der Waals surface area contributed by atoms with Crippen LogP contribution in [-0.2, 0) is 17.8 Å². The fourth-order valence-electron chi connectivity index (χ4n) is 2.57. The molecule has 5 heteroatoms. The average Bonchev–Trinajstić information content (AvgIpc) is 2.59. The maximum Gasteiger partial charge on any atom is 0.303 e. The number of phenols is 1. The van der Waals surface area contributed by atoms with E-state index in [1.807, 2.05) is 12.1 Å². The molecule has 25 heavy (non-hydrogen) atoms. The summed E-state index contributed by atoms with van der Waals surface area (Å²) in [5, 5.41) is 18.7. The van der Waals surface area contributed by atoms with Crippen molar-refractivity contribution in [1.82, 2.24) is 0 Å². The van der Waals surface area contributed by atoms with E-state index in [1.54, 1.807) is 30.3 Å². The molecule has 0 heterocycles. The van der Waals surface area contributed by atoms with Gasteiger partial charge in [0.1, 0.15) is 18.1 Å². The molecule has 0 aromatic heterocycles. The van der Waals surface area contributed by atoms with Gasteiger partial charge in [-0.15, -0.1) is 0 Å². The highest BCUT2D eigenvalue weighted by molar-refractivity contribution is 5.97. The minimum absolute atomic E-state index is 0.0427. The maximum atomic E-state index is 12.0. The highest BCUT2D eigenvalue weighted by Crippen LogP contribution is 2.25. The average molecular weight is 342 g/mol. The fourth-order valence-corrected chi connectivity index (χ4v) is 2.57. The summed E-state index contributed by atoms with van der Waals surface area (Å²) in [6.07, 6.45) is 1.58. The van der Waals surface area contributed by atoms with E-state index in [2.05, 4.69) is 6.92 Å². The number of aliphatic carboxylic acids is 1. The molecule has 2 aromatic rings. The number of Topliss-reactive ketones (excluding diaryl/α,β-unsaturated/α-hetero) is 1. The summed E-state index contributed by atoms with van der Waals surface area (Å²) >= 11 is 0. The summed E-state index contributed by atoms with van der Waals surface area (Å²) in [5.74, 6) is -0.530. The Kier molecular flexibility index (Phi) is 6.57. The number of aromatic hydroxyl groups is 1. The first kappa shape index (κ1) is 18.5. The molecule has 0 aliphatic carbocycles. The molecule has 0 bridgehead atoms. The van der Waals surface area contributed by atoms with Crippen molar-refractivity contribution in [2.24, 2.45) is 0 Å². The molecule has 0 saturated carbocycles. The van der Waals surface area contributed by atoms with Gasteiger partial charge in [0.15, 0.2) is 5.78 Å². The topological polar surface area (TPSA) is 83.8 Å². The summed E-state index contributed by atoms with van der Waals surface area (Å²) in [7, 11) is 0. The molecule has 2 aromatic carbocycles. The minimum Gasteiger partial charge on any atom is -0.508 e. The molecule has 5 nitrogen and oxygen atoms in total.